The zero-order valence-electron chi connectivity index (χ0n) is 9.73. The molecule has 19 heavy (non-hydrogen) atoms. The molecule has 0 aliphatic rings. The van der Waals surface area contributed by atoms with E-state index in [0.29, 0.717) is 6.20 Å². The lowest BCUT2D eigenvalue weighted by Crippen LogP contribution is -2.13. The minimum atomic E-state index is -3.30. The molecule has 0 radical (unpaired) electrons. The van der Waals surface area contributed by atoms with Crippen molar-refractivity contribution in [2.75, 3.05) is 6.61 Å². The summed E-state index contributed by atoms with van der Waals surface area (Å²) in [5, 5.41) is 10.6. The number of halogens is 3. The quantitative estimate of drug-likeness (QED) is 0.357. The zero-order valence-corrected chi connectivity index (χ0v) is 9.73. The van der Waals surface area contributed by atoms with Crippen LogP contribution in [0, 0.1) is 16.1 Å². The molecule has 0 spiro atoms. The van der Waals surface area contributed by atoms with Gasteiger partial charge in [0, 0.05) is 5.56 Å². The maximum atomic E-state index is 13.4. The minimum Gasteiger partial charge on any atom is -0.466 e. The third-order valence-corrected chi connectivity index (χ3v) is 2.19. The number of carbonyl (C=O) groups excluding carboxylic acids is 1. The normalized spacial score (nSPS) is 10.6. The fraction of sp³-hybridized carbons (Fsp3) is 0.400. The highest BCUT2D eigenvalue weighted by molar-refractivity contribution is 5.73. The molecule has 1 aromatic rings. The van der Waals surface area contributed by atoms with Crippen LogP contribution >= 0.6 is 0 Å². The summed E-state index contributed by atoms with van der Waals surface area (Å²) >= 11 is 0. The SMILES string of the molecule is CCOC(=O)Cc1c(F)ncc([N+](=O)[O-])c1C(F)F. The number of ether oxygens (including phenoxy) is 1. The van der Waals surface area contributed by atoms with Crippen molar-refractivity contribution in [1.82, 2.24) is 4.98 Å². The molecule has 0 saturated heterocycles. The van der Waals surface area contributed by atoms with Crippen LogP contribution in [0.3, 0.4) is 0 Å². The van der Waals surface area contributed by atoms with Gasteiger partial charge in [0.1, 0.15) is 11.8 Å². The van der Waals surface area contributed by atoms with Gasteiger partial charge in [-0.05, 0) is 6.92 Å². The number of pyridine rings is 1. The van der Waals surface area contributed by atoms with Crippen LogP contribution in [0.4, 0.5) is 18.9 Å². The molecule has 0 N–H and O–H groups in total. The number of nitrogens with zero attached hydrogens (tertiary/aromatic N) is 2. The van der Waals surface area contributed by atoms with Crippen LogP contribution in [-0.4, -0.2) is 22.5 Å². The molecule has 0 saturated carbocycles. The van der Waals surface area contributed by atoms with Gasteiger partial charge in [0.25, 0.3) is 12.1 Å². The van der Waals surface area contributed by atoms with Crippen molar-refractivity contribution in [3.63, 3.8) is 0 Å². The molecule has 104 valence electrons. The summed E-state index contributed by atoms with van der Waals surface area (Å²) in [5.41, 5.74) is -3.00. The van der Waals surface area contributed by atoms with E-state index in [0.717, 1.165) is 0 Å². The summed E-state index contributed by atoms with van der Waals surface area (Å²) in [6, 6.07) is 0. The van der Waals surface area contributed by atoms with Gasteiger partial charge in [-0.25, -0.2) is 13.8 Å². The predicted octanol–water partition coefficient (Wildman–Crippen LogP) is 2.17. The molecule has 0 amide bonds. The van der Waals surface area contributed by atoms with Crippen LogP contribution in [0.2, 0.25) is 0 Å². The second-order valence-electron chi connectivity index (χ2n) is 3.37. The summed E-state index contributed by atoms with van der Waals surface area (Å²) in [4.78, 5) is 23.7. The Morgan fingerprint density at radius 1 is 1.58 bits per heavy atom. The molecule has 0 atom stereocenters. The molecule has 0 unspecified atom stereocenters. The number of rotatable bonds is 5. The standard InChI is InChI=1S/C10H9F3N2O4/c1-2-19-7(16)3-5-8(9(11)12)6(15(17)18)4-14-10(5)13/h4,9H,2-3H2,1H3. The maximum absolute atomic E-state index is 13.4. The molecule has 1 heterocycles. The molecule has 1 aromatic heterocycles. The van der Waals surface area contributed by atoms with E-state index in [1.54, 1.807) is 0 Å². The van der Waals surface area contributed by atoms with Crippen molar-refractivity contribution < 1.29 is 27.6 Å². The zero-order chi connectivity index (χ0) is 14.6. The first-order chi connectivity index (χ1) is 8.88. The first kappa shape index (κ1) is 14.9. The lowest BCUT2D eigenvalue weighted by atomic mass is 10.1. The number of alkyl halides is 2. The van der Waals surface area contributed by atoms with Gasteiger partial charge in [0.15, 0.2) is 0 Å². The van der Waals surface area contributed by atoms with Crippen molar-refractivity contribution in [2.24, 2.45) is 0 Å². The molecule has 0 aliphatic carbocycles. The molecule has 0 aliphatic heterocycles. The third-order valence-electron chi connectivity index (χ3n) is 2.19. The number of nitro groups is 1. The Balaban J connectivity index is 3.31. The van der Waals surface area contributed by atoms with Gasteiger partial charge in [-0.1, -0.05) is 0 Å². The largest absolute Gasteiger partial charge is 0.466 e. The molecular formula is C10H9F3N2O4. The minimum absolute atomic E-state index is 0.0210. The molecular weight excluding hydrogens is 269 g/mol. The second kappa shape index (κ2) is 6.12. The molecule has 1 rings (SSSR count). The van der Waals surface area contributed by atoms with Crippen molar-refractivity contribution >= 4 is 11.7 Å². The lowest BCUT2D eigenvalue weighted by molar-refractivity contribution is -0.386. The third kappa shape index (κ3) is 3.39. The molecule has 6 nitrogen and oxygen atoms in total. The van der Waals surface area contributed by atoms with Crippen LogP contribution in [0.5, 0.6) is 0 Å². The summed E-state index contributed by atoms with van der Waals surface area (Å²) < 4.78 is 43.5. The fourth-order valence-electron chi connectivity index (χ4n) is 1.44. The van der Waals surface area contributed by atoms with Gasteiger partial charge in [-0.2, -0.15) is 4.39 Å². The maximum Gasteiger partial charge on any atom is 0.310 e. The smallest absolute Gasteiger partial charge is 0.310 e. The van der Waals surface area contributed by atoms with Gasteiger partial charge in [-0.3, -0.25) is 14.9 Å². The predicted molar refractivity (Wildman–Crippen MR) is 56.1 cm³/mol. The van der Waals surface area contributed by atoms with E-state index in [1.807, 2.05) is 0 Å². The Labute approximate surface area is 105 Å². The fourth-order valence-corrected chi connectivity index (χ4v) is 1.44. The number of carbonyl (C=O) groups is 1. The highest BCUT2D eigenvalue weighted by Crippen LogP contribution is 2.32. The first-order valence-corrected chi connectivity index (χ1v) is 5.13. The van der Waals surface area contributed by atoms with Gasteiger partial charge >= 0.3 is 5.97 Å². The number of aromatic nitrogens is 1. The average Bonchev–Trinajstić information content (AvgIpc) is 2.31. The van der Waals surface area contributed by atoms with Crippen LogP contribution in [0.15, 0.2) is 6.20 Å². The Morgan fingerprint density at radius 3 is 2.68 bits per heavy atom. The molecule has 0 fully saturated rings. The van der Waals surface area contributed by atoms with Crippen LogP contribution in [0.25, 0.3) is 0 Å². The van der Waals surface area contributed by atoms with Crippen molar-refractivity contribution in [1.29, 1.82) is 0 Å². The monoisotopic (exact) mass is 278 g/mol. The van der Waals surface area contributed by atoms with E-state index in [2.05, 4.69) is 9.72 Å². The van der Waals surface area contributed by atoms with E-state index in [-0.39, 0.29) is 6.61 Å². The average molecular weight is 278 g/mol. The summed E-state index contributed by atoms with van der Waals surface area (Å²) in [6.07, 6.45) is -3.75. The van der Waals surface area contributed by atoms with E-state index in [1.165, 1.54) is 6.92 Å². The summed E-state index contributed by atoms with van der Waals surface area (Å²) in [6.45, 7) is 1.46. The van der Waals surface area contributed by atoms with Crippen molar-refractivity contribution in [3.8, 4) is 0 Å². The lowest BCUT2D eigenvalue weighted by Gasteiger charge is -2.09. The highest BCUT2D eigenvalue weighted by atomic mass is 19.3. The second-order valence-corrected chi connectivity index (χ2v) is 3.37. The number of esters is 1. The molecule has 0 bridgehead atoms. The van der Waals surface area contributed by atoms with Gasteiger partial charge < -0.3 is 4.74 Å². The summed E-state index contributed by atoms with van der Waals surface area (Å²) in [5.74, 6) is -2.32. The van der Waals surface area contributed by atoms with Crippen LogP contribution < -0.4 is 0 Å². The van der Waals surface area contributed by atoms with E-state index < -0.39 is 46.5 Å². The Morgan fingerprint density at radius 2 is 2.21 bits per heavy atom. The first-order valence-electron chi connectivity index (χ1n) is 5.13. The highest BCUT2D eigenvalue weighted by Gasteiger charge is 2.30. The Kier molecular flexibility index (Phi) is 4.79. The van der Waals surface area contributed by atoms with E-state index in [9.17, 15) is 28.1 Å². The molecule has 9 heteroatoms. The Hall–Kier alpha value is -2.19. The summed E-state index contributed by atoms with van der Waals surface area (Å²) in [7, 11) is 0. The molecule has 0 aromatic carbocycles. The van der Waals surface area contributed by atoms with Crippen molar-refractivity contribution in [2.45, 2.75) is 19.8 Å². The van der Waals surface area contributed by atoms with Gasteiger partial charge in [0.2, 0.25) is 5.95 Å². The van der Waals surface area contributed by atoms with Crippen LogP contribution in [0.1, 0.15) is 24.5 Å². The number of hydrogen-bond donors (Lipinski definition) is 0. The van der Waals surface area contributed by atoms with Gasteiger partial charge in [-0.15, -0.1) is 0 Å². The number of hydrogen-bond acceptors (Lipinski definition) is 5. The van der Waals surface area contributed by atoms with Crippen LogP contribution in [-0.2, 0) is 16.0 Å². The van der Waals surface area contributed by atoms with E-state index >= 15 is 0 Å². The topological polar surface area (TPSA) is 82.3 Å². The van der Waals surface area contributed by atoms with Gasteiger partial charge in [0.05, 0.1) is 18.0 Å². The Bertz CT molecular complexity index is 508. The van der Waals surface area contributed by atoms with Crippen molar-refractivity contribution in [3.05, 3.63) is 33.4 Å². The van der Waals surface area contributed by atoms with E-state index in [4.69, 9.17) is 0 Å².